The summed E-state index contributed by atoms with van der Waals surface area (Å²) in [4.78, 5) is 16.3. The molecule has 0 spiro atoms. The third-order valence-electron chi connectivity index (χ3n) is 4.73. The molecular formula is C25H21ClF3N3O2. The van der Waals surface area contributed by atoms with E-state index in [9.17, 15) is 18.0 Å². The molecule has 0 fully saturated rings. The van der Waals surface area contributed by atoms with Gasteiger partial charge < -0.3 is 10.1 Å². The molecule has 3 aromatic rings. The monoisotopic (exact) mass is 487 g/mol. The zero-order chi connectivity index (χ0) is 24.6. The van der Waals surface area contributed by atoms with Crippen molar-refractivity contribution >= 4 is 34.7 Å². The lowest BCUT2D eigenvalue weighted by molar-refractivity contribution is -0.0583. The number of pyridine rings is 1. The first-order valence-corrected chi connectivity index (χ1v) is 10.7. The van der Waals surface area contributed by atoms with Crippen molar-refractivity contribution in [1.29, 1.82) is 5.41 Å². The van der Waals surface area contributed by atoms with Gasteiger partial charge in [-0.1, -0.05) is 41.9 Å². The fourth-order valence-electron chi connectivity index (χ4n) is 2.98. The van der Waals surface area contributed by atoms with Crippen LogP contribution in [0.15, 0.2) is 79.1 Å². The van der Waals surface area contributed by atoms with Crippen molar-refractivity contribution in [3.63, 3.8) is 0 Å². The fourth-order valence-corrected chi connectivity index (χ4v) is 3.16. The number of ether oxygens (including phenoxy) is 1. The number of esters is 1. The summed E-state index contributed by atoms with van der Waals surface area (Å²) in [5, 5.41) is 10.5. The smallest absolute Gasteiger partial charge is 0.432 e. The molecule has 0 amide bonds. The highest BCUT2D eigenvalue weighted by Crippen LogP contribution is 2.27. The van der Waals surface area contributed by atoms with Crippen LogP contribution in [0.3, 0.4) is 0 Å². The van der Waals surface area contributed by atoms with Gasteiger partial charge in [0.25, 0.3) is 0 Å². The summed E-state index contributed by atoms with van der Waals surface area (Å²) >= 11 is 6.12. The minimum Gasteiger partial charge on any atom is -0.462 e. The van der Waals surface area contributed by atoms with E-state index in [0.29, 0.717) is 35.2 Å². The second-order valence-corrected chi connectivity index (χ2v) is 7.66. The summed E-state index contributed by atoms with van der Waals surface area (Å²) in [6.07, 6.45) is 0.642. The molecule has 9 heteroatoms. The third kappa shape index (κ3) is 7.18. The summed E-state index contributed by atoms with van der Waals surface area (Å²) in [6, 6.07) is 16.2. The second kappa shape index (κ2) is 11.5. The van der Waals surface area contributed by atoms with Crippen molar-refractivity contribution in [1.82, 2.24) is 4.98 Å². The maximum Gasteiger partial charge on any atom is 0.432 e. The number of hydrogen-bond donors (Lipinski definition) is 2. The number of hydrogen-bond acceptors (Lipinski definition) is 5. The van der Waals surface area contributed by atoms with Crippen LogP contribution in [-0.2, 0) is 11.2 Å². The first-order chi connectivity index (χ1) is 16.2. The largest absolute Gasteiger partial charge is 0.462 e. The molecule has 0 saturated heterocycles. The molecule has 0 radical (unpaired) electrons. The average molecular weight is 488 g/mol. The van der Waals surface area contributed by atoms with Gasteiger partial charge in [0, 0.05) is 18.1 Å². The number of aromatic nitrogens is 1. The van der Waals surface area contributed by atoms with Crippen molar-refractivity contribution in [3.8, 4) is 0 Å². The van der Waals surface area contributed by atoms with Crippen molar-refractivity contribution in [2.75, 3.05) is 11.9 Å². The van der Waals surface area contributed by atoms with Crippen LogP contribution < -0.4 is 5.32 Å². The normalized spacial score (nSPS) is 11.7. The SMILES string of the molecule is N=C(/C=C(\Nc1ccccc1Cl)c1ccc(C(=O)OCCCc2cccnc2)cc1)C(F)(F)F. The zero-order valence-corrected chi connectivity index (χ0v) is 18.7. The first-order valence-electron chi connectivity index (χ1n) is 10.3. The molecule has 3 rings (SSSR count). The van der Waals surface area contributed by atoms with Gasteiger partial charge in [-0.05, 0) is 60.4 Å². The number of aryl methyl sites for hydroxylation is 1. The van der Waals surface area contributed by atoms with Gasteiger partial charge in [-0.2, -0.15) is 13.2 Å². The van der Waals surface area contributed by atoms with E-state index in [-0.39, 0.29) is 17.9 Å². The molecule has 34 heavy (non-hydrogen) atoms. The van der Waals surface area contributed by atoms with Gasteiger partial charge in [-0.15, -0.1) is 0 Å². The predicted octanol–water partition coefficient (Wildman–Crippen LogP) is 6.56. The Balaban J connectivity index is 1.70. The van der Waals surface area contributed by atoms with Gasteiger partial charge in [-0.25, -0.2) is 4.79 Å². The number of carbonyl (C=O) groups excluding carboxylic acids is 1. The minimum atomic E-state index is -4.81. The molecule has 0 unspecified atom stereocenters. The molecule has 1 aromatic heterocycles. The van der Waals surface area contributed by atoms with Crippen molar-refractivity contribution < 1.29 is 22.7 Å². The molecule has 176 valence electrons. The predicted molar refractivity (Wildman–Crippen MR) is 126 cm³/mol. The molecule has 0 aliphatic rings. The van der Waals surface area contributed by atoms with Crippen LogP contribution >= 0.6 is 11.6 Å². The number of halogens is 4. The van der Waals surface area contributed by atoms with Crippen LogP contribution in [0.4, 0.5) is 18.9 Å². The Hall–Kier alpha value is -3.65. The highest BCUT2D eigenvalue weighted by molar-refractivity contribution is 6.33. The number of allylic oxidation sites excluding steroid dienone is 1. The molecule has 1 heterocycles. The zero-order valence-electron chi connectivity index (χ0n) is 17.9. The Morgan fingerprint density at radius 3 is 2.41 bits per heavy atom. The van der Waals surface area contributed by atoms with Gasteiger partial charge >= 0.3 is 12.1 Å². The fraction of sp³-hybridized carbons (Fsp3) is 0.160. The number of nitrogens with one attached hydrogen (secondary N) is 2. The van der Waals surface area contributed by atoms with Crippen molar-refractivity contribution in [2.45, 2.75) is 19.0 Å². The van der Waals surface area contributed by atoms with Gasteiger partial charge in [0.1, 0.15) is 5.71 Å². The Morgan fingerprint density at radius 1 is 1.06 bits per heavy atom. The maximum atomic E-state index is 13.0. The van der Waals surface area contributed by atoms with Crippen LogP contribution in [0.5, 0.6) is 0 Å². The summed E-state index contributed by atoms with van der Waals surface area (Å²) in [5.41, 5.74) is 0.487. The van der Waals surface area contributed by atoms with E-state index in [2.05, 4.69) is 10.3 Å². The number of para-hydroxylation sites is 1. The molecule has 0 bridgehead atoms. The van der Waals surface area contributed by atoms with Gasteiger partial charge in [0.05, 0.1) is 22.9 Å². The number of nitrogens with zero attached hydrogens (tertiary/aromatic N) is 1. The number of carbonyl (C=O) groups is 1. The van der Waals surface area contributed by atoms with E-state index in [1.54, 1.807) is 36.7 Å². The number of alkyl halides is 3. The van der Waals surface area contributed by atoms with Gasteiger partial charge in [0.15, 0.2) is 0 Å². The minimum absolute atomic E-state index is 0.00631. The quantitative estimate of drug-likeness (QED) is 0.203. The molecular weight excluding hydrogens is 467 g/mol. The molecule has 0 aliphatic heterocycles. The van der Waals surface area contributed by atoms with Crippen LogP contribution in [-0.4, -0.2) is 29.4 Å². The third-order valence-corrected chi connectivity index (χ3v) is 5.06. The van der Waals surface area contributed by atoms with Crippen molar-refractivity contribution in [2.24, 2.45) is 0 Å². The van der Waals surface area contributed by atoms with Crippen LogP contribution in [0.1, 0.15) is 27.9 Å². The van der Waals surface area contributed by atoms with E-state index in [1.807, 2.05) is 12.1 Å². The standard InChI is InChI=1S/C25H21ClF3N3O2/c26-20-7-1-2-8-21(20)32-22(15-23(30)25(27,28)29)18-9-11-19(12-10-18)24(33)34-14-4-6-17-5-3-13-31-16-17/h1-3,5,7-13,15-16,30,32H,4,6,14H2/b22-15-,30-23?. The first kappa shape index (κ1) is 25.0. The second-order valence-electron chi connectivity index (χ2n) is 7.25. The lowest BCUT2D eigenvalue weighted by atomic mass is 10.1. The molecule has 2 aromatic carbocycles. The molecule has 2 N–H and O–H groups in total. The Morgan fingerprint density at radius 2 is 1.76 bits per heavy atom. The lowest BCUT2D eigenvalue weighted by Crippen LogP contribution is -2.20. The van der Waals surface area contributed by atoms with Crippen LogP contribution in [0.2, 0.25) is 5.02 Å². The highest BCUT2D eigenvalue weighted by atomic mass is 35.5. The molecule has 5 nitrogen and oxygen atoms in total. The maximum absolute atomic E-state index is 13.0. The Bertz CT molecular complexity index is 1160. The topological polar surface area (TPSA) is 75.1 Å². The van der Waals surface area contributed by atoms with E-state index in [0.717, 1.165) is 5.56 Å². The van der Waals surface area contributed by atoms with E-state index in [1.165, 1.54) is 24.3 Å². The summed E-state index contributed by atoms with van der Waals surface area (Å²) in [5.74, 6) is -0.537. The molecule has 0 atom stereocenters. The Kier molecular flexibility index (Phi) is 8.43. The number of anilines is 1. The molecule has 0 saturated carbocycles. The van der Waals surface area contributed by atoms with Crippen LogP contribution in [0, 0.1) is 5.41 Å². The van der Waals surface area contributed by atoms with Gasteiger partial charge in [-0.3, -0.25) is 10.4 Å². The Labute approximate surface area is 199 Å². The van der Waals surface area contributed by atoms with E-state index < -0.39 is 17.9 Å². The summed E-state index contributed by atoms with van der Waals surface area (Å²) in [6.45, 7) is 0.220. The lowest BCUT2D eigenvalue weighted by Gasteiger charge is -2.15. The van der Waals surface area contributed by atoms with E-state index >= 15 is 0 Å². The molecule has 0 aliphatic carbocycles. The number of rotatable bonds is 9. The van der Waals surface area contributed by atoms with E-state index in [4.69, 9.17) is 21.7 Å². The van der Waals surface area contributed by atoms with Crippen molar-refractivity contribution in [3.05, 3.63) is 101 Å². The highest BCUT2D eigenvalue weighted by Gasteiger charge is 2.33. The summed E-state index contributed by atoms with van der Waals surface area (Å²) in [7, 11) is 0. The average Bonchev–Trinajstić information content (AvgIpc) is 2.82. The van der Waals surface area contributed by atoms with Gasteiger partial charge in [0.2, 0.25) is 0 Å². The summed E-state index contributed by atoms with van der Waals surface area (Å²) < 4.78 is 44.2. The number of benzene rings is 2. The van der Waals surface area contributed by atoms with Crippen LogP contribution in [0.25, 0.3) is 5.70 Å².